The van der Waals surface area contributed by atoms with Crippen LogP contribution in [0.3, 0.4) is 0 Å². The zero-order valence-corrected chi connectivity index (χ0v) is 14.3. The van der Waals surface area contributed by atoms with Crippen LogP contribution in [0.15, 0.2) is 55.0 Å². The van der Waals surface area contributed by atoms with Crippen LogP contribution >= 0.6 is 0 Å². The van der Waals surface area contributed by atoms with Crippen LogP contribution in [0.1, 0.15) is 15.9 Å². The lowest BCUT2D eigenvalue weighted by Gasteiger charge is -2.11. The third-order valence-corrected chi connectivity index (χ3v) is 4.16. The lowest BCUT2D eigenvalue weighted by atomic mass is 10.2. The molecule has 0 spiro atoms. The largest absolute Gasteiger partial charge is 0.477 e. The van der Waals surface area contributed by atoms with Gasteiger partial charge in [-0.05, 0) is 24.3 Å². The minimum Gasteiger partial charge on any atom is -0.477 e. The predicted octanol–water partition coefficient (Wildman–Crippen LogP) is 3.38. The molecular weight excluding hydrogens is 368 g/mol. The Kier molecular flexibility index (Phi) is 4.40. The Morgan fingerprint density at radius 3 is 2.61 bits per heavy atom. The molecule has 0 radical (unpaired) electrons. The second kappa shape index (κ2) is 7.03. The molecule has 0 aliphatic carbocycles. The van der Waals surface area contributed by atoms with Gasteiger partial charge in [-0.25, -0.2) is 28.5 Å². The second-order valence-electron chi connectivity index (χ2n) is 5.89. The fourth-order valence-electron chi connectivity index (χ4n) is 2.77. The van der Waals surface area contributed by atoms with Crippen LogP contribution < -0.4 is 5.32 Å². The maximum absolute atomic E-state index is 13.8. The molecule has 4 rings (SSSR count). The molecule has 140 valence electrons. The molecule has 3 aromatic heterocycles. The van der Waals surface area contributed by atoms with E-state index >= 15 is 0 Å². The van der Waals surface area contributed by atoms with Crippen molar-refractivity contribution in [2.45, 2.75) is 6.54 Å². The van der Waals surface area contributed by atoms with Crippen molar-refractivity contribution in [2.75, 3.05) is 5.32 Å². The number of rotatable bonds is 5. The van der Waals surface area contributed by atoms with E-state index in [0.717, 1.165) is 18.3 Å². The molecule has 0 unspecified atom stereocenters. The molecule has 0 saturated heterocycles. The van der Waals surface area contributed by atoms with Crippen LogP contribution in [0.2, 0.25) is 0 Å². The highest BCUT2D eigenvalue weighted by atomic mass is 19.1. The summed E-state index contributed by atoms with van der Waals surface area (Å²) in [6, 6.07) is 8.95. The average molecular weight is 381 g/mol. The van der Waals surface area contributed by atoms with Crippen LogP contribution in [0.25, 0.3) is 17.2 Å². The number of nitrogens with zero attached hydrogens (tertiary/aromatic N) is 4. The summed E-state index contributed by atoms with van der Waals surface area (Å²) in [5.74, 6) is -2.56. The standard InChI is InChI=1S/C19H13F2N5O2/c20-13-4-3-5-14(21)11(13)8-23-17-12(19(27)28)9-24-18(25-17)15-10-22-16-6-1-2-7-26(15)16/h1-7,9-10H,8H2,(H,27,28)(H,23,24,25). The van der Waals surface area contributed by atoms with Crippen molar-refractivity contribution in [1.29, 1.82) is 0 Å². The van der Waals surface area contributed by atoms with Gasteiger partial charge in [-0.15, -0.1) is 0 Å². The lowest BCUT2D eigenvalue weighted by molar-refractivity contribution is 0.0697. The monoisotopic (exact) mass is 381 g/mol. The molecular formula is C19H13F2N5O2. The number of anilines is 1. The topological polar surface area (TPSA) is 92.4 Å². The first kappa shape index (κ1) is 17.5. The van der Waals surface area contributed by atoms with Gasteiger partial charge in [0.2, 0.25) is 0 Å². The Bertz CT molecular complexity index is 1170. The number of nitrogens with one attached hydrogen (secondary N) is 1. The first-order chi connectivity index (χ1) is 13.5. The Labute approximate surface area is 157 Å². The highest BCUT2D eigenvalue weighted by Gasteiger charge is 2.17. The number of hydrogen-bond donors (Lipinski definition) is 2. The maximum atomic E-state index is 13.8. The highest BCUT2D eigenvalue weighted by molar-refractivity contribution is 5.93. The molecule has 0 aliphatic rings. The van der Waals surface area contributed by atoms with Crippen molar-refractivity contribution in [3.8, 4) is 11.5 Å². The van der Waals surface area contributed by atoms with Gasteiger partial charge >= 0.3 is 5.97 Å². The van der Waals surface area contributed by atoms with Gasteiger partial charge in [0.1, 0.15) is 34.4 Å². The fraction of sp³-hybridized carbons (Fsp3) is 0.0526. The molecule has 0 saturated carbocycles. The molecule has 28 heavy (non-hydrogen) atoms. The molecule has 3 heterocycles. The van der Waals surface area contributed by atoms with E-state index in [1.54, 1.807) is 22.9 Å². The summed E-state index contributed by atoms with van der Waals surface area (Å²) in [6.45, 7) is -0.275. The summed E-state index contributed by atoms with van der Waals surface area (Å²) in [6.07, 6.45) is 4.48. The number of imidazole rings is 1. The van der Waals surface area contributed by atoms with Crippen LogP contribution in [-0.2, 0) is 6.54 Å². The van der Waals surface area contributed by atoms with Crippen molar-refractivity contribution in [3.05, 3.63) is 77.8 Å². The summed E-state index contributed by atoms with van der Waals surface area (Å²) in [5, 5.41) is 12.1. The molecule has 0 amide bonds. The van der Waals surface area contributed by atoms with Crippen molar-refractivity contribution >= 4 is 17.4 Å². The molecule has 9 heteroatoms. The van der Waals surface area contributed by atoms with E-state index in [0.29, 0.717) is 11.3 Å². The first-order valence-electron chi connectivity index (χ1n) is 8.24. The number of aromatic nitrogens is 4. The van der Waals surface area contributed by atoms with E-state index in [1.807, 2.05) is 12.1 Å². The SMILES string of the molecule is O=C(O)c1cnc(-c2cnc3ccccn23)nc1NCc1c(F)cccc1F. The van der Waals surface area contributed by atoms with Gasteiger partial charge in [0, 0.05) is 24.5 Å². The van der Waals surface area contributed by atoms with E-state index < -0.39 is 17.6 Å². The van der Waals surface area contributed by atoms with Gasteiger partial charge in [0.25, 0.3) is 0 Å². The molecule has 0 atom stereocenters. The van der Waals surface area contributed by atoms with E-state index in [9.17, 15) is 18.7 Å². The van der Waals surface area contributed by atoms with E-state index in [2.05, 4.69) is 20.3 Å². The summed E-state index contributed by atoms with van der Waals surface area (Å²) in [4.78, 5) is 24.1. The molecule has 2 N–H and O–H groups in total. The normalized spacial score (nSPS) is 10.9. The number of halogens is 2. The number of aromatic carboxylic acids is 1. The third kappa shape index (κ3) is 3.13. The predicted molar refractivity (Wildman–Crippen MR) is 96.9 cm³/mol. The number of carboxylic acid groups (broad SMARTS) is 1. The van der Waals surface area contributed by atoms with Crippen LogP contribution in [0.5, 0.6) is 0 Å². The van der Waals surface area contributed by atoms with Gasteiger partial charge in [0.15, 0.2) is 5.82 Å². The van der Waals surface area contributed by atoms with Crippen molar-refractivity contribution in [3.63, 3.8) is 0 Å². The smallest absolute Gasteiger partial charge is 0.341 e. The van der Waals surface area contributed by atoms with Gasteiger partial charge in [-0.1, -0.05) is 12.1 Å². The number of hydrogen-bond acceptors (Lipinski definition) is 5. The zero-order valence-electron chi connectivity index (χ0n) is 14.3. The van der Waals surface area contributed by atoms with Crippen molar-refractivity contribution in [2.24, 2.45) is 0 Å². The summed E-state index contributed by atoms with van der Waals surface area (Å²) >= 11 is 0. The summed E-state index contributed by atoms with van der Waals surface area (Å²) in [5.41, 5.74) is 0.794. The van der Waals surface area contributed by atoms with Crippen LogP contribution in [-0.4, -0.2) is 30.4 Å². The van der Waals surface area contributed by atoms with E-state index in [4.69, 9.17) is 0 Å². The molecule has 7 nitrogen and oxygen atoms in total. The van der Waals surface area contributed by atoms with Gasteiger partial charge in [-0.2, -0.15) is 0 Å². The summed E-state index contributed by atoms with van der Waals surface area (Å²) in [7, 11) is 0. The van der Waals surface area contributed by atoms with Crippen molar-refractivity contribution in [1.82, 2.24) is 19.4 Å². The van der Waals surface area contributed by atoms with Gasteiger partial charge in [-0.3, -0.25) is 4.40 Å². The number of carbonyl (C=O) groups is 1. The van der Waals surface area contributed by atoms with E-state index in [-0.39, 0.29) is 29.3 Å². The molecule has 0 bridgehead atoms. The first-order valence-corrected chi connectivity index (χ1v) is 8.24. The zero-order chi connectivity index (χ0) is 19.7. The second-order valence-corrected chi connectivity index (χ2v) is 5.89. The Balaban J connectivity index is 1.73. The van der Waals surface area contributed by atoms with Crippen molar-refractivity contribution < 1.29 is 18.7 Å². The molecule has 4 aromatic rings. The Morgan fingerprint density at radius 2 is 1.86 bits per heavy atom. The van der Waals surface area contributed by atoms with Gasteiger partial charge in [0.05, 0.1) is 6.20 Å². The fourth-order valence-corrected chi connectivity index (χ4v) is 2.77. The van der Waals surface area contributed by atoms with Crippen LogP contribution in [0.4, 0.5) is 14.6 Å². The number of pyridine rings is 1. The average Bonchev–Trinajstić information content (AvgIpc) is 3.11. The molecule has 0 aliphatic heterocycles. The van der Waals surface area contributed by atoms with Crippen LogP contribution in [0, 0.1) is 11.6 Å². The minimum atomic E-state index is -1.26. The van der Waals surface area contributed by atoms with Gasteiger partial charge < -0.3 is 10.4 Å². The summed E-state index contributed by atoms with van der Waals surface area (Å²) < 4.78 is 29.4. The quantitative estimate of drug-likeness (QED) is 0.551. The minimum absolute atomic E-state index is 0.0500. The Morgan fingerprint density at radius 1 is 1.07 bits per heavy atom. The lowest BCUT2D eigenvalue weighted by Crippen LogP contribution is -2.12. The maximum Gasteiger partial charge on any atom is 0.341 e. The molecule has 1 aromatic carbocycles. The number of fused-ring (bicyclic) bond motifs is 1. The molecule has 0 fully saturated rings. The number of benzene rings is 1. The Hall–Kier alpha value is -3.88. The van der Waals surface area contributed by atoms with E-state index in [1.165, 1.54) is 6.07 Å². The number of carboxylic acids is 1. The highest BCUT2D eigenvalue weighted by Crippen LogP contribution is 2.22. The third-order valence-electron chi connectivity index (χ3n) is 4.16.